The minimum Gasteiger partial charge on any atom is -0.428 e. The zero-order valence-corrected chi connectivity index (χ0v) is 9.47. The molecular weight excluding hydrogens is 234 g/mol. The van der Waals surface area contributed by atoms with Crippen LogP contribution in [0.3, 0.4) is 0 Å². The average Bonchev–Trinajstić information content (AvgIpc) is 2.58. The van der Waals surface area contributed by atoms with E-state index >= 15 is 0 Å². The van der Waals surface area contributed by atoms with Gasteiger partial charge in [-0.05, 0) is 19.1 Å². The molecule has 15 heavy (non-hydrogen) atoms. The van der Waals surface area contributed by atoms with Crippen molar-refractivity contribution < 1.29 is 4.74 Å². The summed E-state index contributed by atoms with van der Waals surface area (Å²) in [5.74, 6) is 1.17. The summed E-state index contributed by atoms with van der Waals surface area (Å²) in [4.78, 5) is 4.06. The molecule has 0 spiro atoms. The van der Waals surface area contributed by atoms with E-state index in [-0.39, 0.29) is 0 Å². The number of nitrogens with zero attached hydrogens (tertiary/aromatic N) is 2. The monoisotopic (exact) mass is 241 g/mol. The highest BCUT2D eigenvalue weighted by atomic mass is 35.5. The Bertz CT molecular complexity index is 486. The van der Waals surface area contributed by atoms with Crippen LogP contribution in [0.25, 0.3) is 0 Å². The van der Waals surface area contributed by atoms with Crippen molar-refractivity contribution in [3.63, 3.8) is 0 Å². The van der Waals surface area contributed by atoms with E-state index in [4.69, 9.17) is 22.1 Å². The van der Waals surface area contributed by atoms with Gasteiger partial charge in [-0.15, -0.1) is 0 Å². The van der Waals surface area contributed by atoms with Crippen LogP contribution < -0.4 is 10.5 Å². The van der Waals surface area contributed by atoms with E-state index in [1.165, 1.54) is 11.5 Å². The van der Waals surface area contributed by atoms with Gasteiger partial charge in [-0.2, -0.15) is 9.36 Å². The lowest BCUT2D eigenvalue weighted by molar-refractivity contribution is 0.478. The SMILES string of the molecule is Cc1nsc(Oc2cc(N)ccc2Cl)n1. The van der Waals surface area contributed by atoms with Crippen molar-refractivity contribution >= 4 is 28.8 Å². The summed E-state index contributed by atoms with van der Waals surface area (Å²) < 4.78 is 9.44. The summed E-state index contributed by atoms with van der Waals surface area (Å²) in [5, 5.41) is 0.956. The van der Waals surface area contributed by atoms with E-state index in [1.807, 2.05) is 0 Å². The molecule has 0 aliphatic carbocycles. The van der Waals surface area contributed by atoms with Crippen molar-refractivity contribution in [1.29, 1.82) is 0 Å². The van der Waals surface area contributed by atoms with Crippen LogP contribution in [0.2, 0.25) is 5.02 Å². The zero-order valence-electron chi connectivity index (χ0n) is 7.90. The van der Waals surface area contributed by atoms with Crippen LogP contribution in [0, 0.1) is 6.92 Å². The second kappa shape index (κ2) is 4.04. The number of rotatable bonds is 2. The Morgan fingerprint density at radius 3 is 2.93 bits per heavy atom. The Kier molecular flexibility index (Phi) is 2.75. The lowest BCUT2D eigenvalue weighted by Crippen LogP contribution is -1.88. The van der Waals surface area contributed by atoms with Gasteiger partial charge in [0.15, 0.2) is 5.75 Å². The second-order valence-corrected chi connectivity index (χ2v) is 4.02. The molecule has 1 heterocycles. The molecule has 0 unspecified atom stereocenters. The van der Waals surface area contributed by atoms with E-state index < -0.39 is 0 Å². The first-order valence-corrected chi connectivity index (χ1v) is 5.33. The number of aryl methyl sites for hydroxylation is 1. The molecule has 2 N–H and O–H groups in total. The van der Waals surface area contributed by atoms with Crippen molar-refractivity contribution in [2.45, 2.75) is 6.92 Å². The maximum absolute atomic E-state index is 5.93. The summed E-state index contributed by atoms with van der Waals surface area (Å²) in [6, 6.07) is 5.04. The second-order valence-electron chi connectivity index (χ2n) is 2.90. The summed E-state index contributed by atoms with van der Waals surface area (Å²) in [6.45, 7) is 1.80. The van der Waals surface area contributed by atoms with Crippen LogP contribution in [0.1, 0.15) is 5.82 Å². The Hall–Kier alpha value is -1.33. The molecule has 4 nitrogen and oxygen atoms in total. The molecule has 0 bridgehead atoms. The molecule has 0 amide bonds. The fraction of sp³-hybridized carbons (Fsp3) is 0.111. The maximum Gasteiger partial charge on any atom is 0.298 e. The Morgan fingerprint density at radius 2 is 2.27 bits per heavy atom. The number of hydrogen-bond donors (Lipinski definition) is 1. The number of nitrogen functional groups attached to an aromatic ring is 1. The maximum atomic E-state index is 5.93. The van der Waals surface area contributed by atoms with E-state index in [1.54, 1.807) is 25.1 Å². The number of hydrogen-bond acceptors (Lipinski definition) is 5. The predicted octanol–water partition coefficient (Wildman–Crippen LogP) is 2.87. The van der Waals surface area contributed by atoms with Gasteiger partial charge < -0.3 is 10.5 Å². The highest BCUT2D eigenvalue weighted by Crippen LogP contribution is 2.31. The van der Waals surface area contributed by atoms with Crippen molar-refractivity contribution in [3.8, 4) is 10.9 Å². The third-order valence-corrected chi connectivity index (χ3v) is 2.66. The summed E-state index contributed by atoms with van der Waals surface area (Å²) in [5.41, 5.74) is 6.21. The zero-order chi connectivity index (χ0) is 10.8. The highest BCUT2D eigenvalue weighted by molar-refractivity contribution is 7.07. The molecule has 1 aromatic carbocycles. The molecule has 2 rings (SSSR count). The molecule has 0 fully saturated rings. The van der Waals surface area contributed by atoms with Crippen LogP contribution in [0.4, 0.5) is 5.69 Å². The smallest absolute Gasteiger partial charge is 0.298 e. The van der Waals surface area contributed by atoms with E-state index in [2.05, 4.69) is 9.36 Å². The van der Waals surface area contributed by atoms with Crippen LogP contribution in [0.15, 0.2) is 18.2 Å². The lowest BCUT2D eigenvalue weighted by atomic mass is 10.3. The van der Waals surface area contributed by atoms with Crippen molar-refractivity contribution in [1.82, 2.24) is 9.36 Å². The molecule has 0 saturated heterocycles. The van der Waals surface area contributed by atoms with Gasteiger partial charge in [-0.1, -0.05) is 11.6 Å². The third-order valence-electron chi connectivity index (χ3n) is 1.66. The first kappa shape index (κ1) is 10.2. The molecule has 78 valence electrons. The number of nitrogens with two attached hydrogens (primary N) is 1. The number of ether oxygens (including phenoxy) is 1. The third kappa shape index (κ3) is 2.37. The van der Waals surface area contributed by atoms with E-state index in [0.717, 1.165) is 0 Å². The van der Waals surface area contributed by atoms with Gasteiger partial charge in [0.25, 0.3) is 5.19 Å². The van der Waals surface area contributed by atoms with E-state index in [0.29, 0.717) is 27.5 Å². The van der Waals surface area contributed by atoms with Crippen molar-refractivity contribution in [2.24, 2.45) is 0 Å². The highest BCUT2D eigenvalue weighted by Gasteiger charge is 2.07. The molecule has 0 aliphatic heterocycles. The number of halogens is 1. The average molecular weight is 242 g/mol. The normalized spacial score (nSPS) is 10.3. The van der Waals surface area contributed by atoms with Crippen LogP contribution in [0.5, 0.6) is 10.9 Å². The van der Waals surface area contributed by atoms with Gasteiger partial charge in [0, 0.05) is 23.3 Å². The standard InChI is InChI=1S/C9H8ClN3OS/c1-5-12-9(15-13-5)14-8-4-6(11)2-3-7(8)10/h2-4H,11H2,1H3. The quantitative estimate of drug-likeness (QED) is 0.822. The Morgan fingerprint density at radius 1 is 1.47 bits per heavy atom. The first-order valence-electron chi connectivity index (χ1n) is 4.18. The fourth-order valence-corrected chi connectivity index (χ4v) is 1.72. The minimum atomic E-state index is 0.458. The molecule has 2 aromatic rings. The van der Waals surface area contributed by atoms with Crippen LogP contribution in [-0.4, -0.2) is 9.36 Å². The van der Waals surface area contributed by atoms with Crippen LogP contribution >= 0.6 is 23.1 Å². The van der Waals surface area contributed by atoms with Crippen molar-refractivity contribution in [3.05, 3.63) is 29.0 Å². The fourth-order valence-electron chi connectivity index (χ4n) is 1.01. The van der Waals surface area contributed by atoms with Gasteiger partial charge in [0.2, 0.25) is 0 Å². The molecular formula is C9H8ClN3OS. The molecule has 0 atom stereocenters. The molecule has 0 radical (unpaired) electrons. The Balaban J connectivity index is 2.27. The number of aromatic nitrogens is 2. The van der Waals surface area contributed by atoms with Gasteiger partial charge in [0.05, 0.1) is 5.02 Å². The molecule has 6 heteroatoms. The molecule has 0 saturated carbocycles. The van der Waals surface area contributed by atoms with E-state index in [9.17, 15) is 0 Å². The van der Waals surface area contributed by atoms with Gasteiger partial charge in [0.1, 0.15) is 5.82 Å². The van der Waals surface area contributed by atoms with Crippen LogP contribution in [-0.2, 0) is 0 Å². The van der Waals surface area contributed by atoms with Gasteiger partial charge in [-0.25, -0.2) is 0 Å². The lowest BCUT2D eigenvalue weighted by Gasteiger charge is -2.04. The minimum absolute atomic E-state index is 0.458. The number of benzene rings is 1. The van der Waals surface area contributed by atoms with Gasteiger partial charge in [-0.3, -0.25) is 0 Å². The topological polar surface area (TPSA) is 61.0 Å². The summed E-state index contributed by atoms with van der Waals surface area (Å²) in [7, 11) is 0. The van der Waals surface area contributed by atoms with Crippen molar-refractivity contribution in [2.75, 3.05) is 5.73 Å². The molecule has 1 aromatic heterocycles. The summed E-state index contributed by atoms with van der Waals surface area (Å²) >= 11 is 7.10. The van der Waals surface area contributed by atoms with Gasteiger partial charge >= 0.3 is 0 Å². The molecule has 0 aliphatic rings. The summed E-state index contributed by atoms with van der Waals surface area (Å²) in [6.07, 6.45) is 0. The Labute approximate surface area is 95.8 Å². The largest absolute Gasteiger partial charge is 0.428 e. The predicted molar refractivity (Wildman–Crippen MR) is 60.6 cm³/mol. The first-order chi connectivity index (χ1) is 7.15. The number of anilines is 1.